The molecule has 3 rings (SSSR count). The predicted octanol–water partition coefficient (Wildman–Crippen LogP) is 4.08. The highest BCUT2D eigenvalue weighted by molar-refractivity contribution is 5.34. The maximum absolute atomic E-state index is 5.46. The van der Waals surface area contributed by atoms with E-state index >= 15 is 0 Å². The molecule has 19 heavy (non-hydrogen) atoms. The molecule has 0 N–H and O–H groups in total. The largest absolute Gasteiger partial charge is 0.277 e. The Bertz CT molecular complexity index is 409. The van der Waals surface area contributed by atoms with Gasteiger partial charge in [-0.2, -0.15) is 0 Å². The Labute approximate surface area is 116 Å². The molecule has 104 valence electrons. The highest BCUT2D eigenvalue weighted by Gasteiger charge is 2.37. The third-order valence-corrected chi connectivity index (χ3v) is 5.06. The van der Waals surface area contributed by atoms with Crippen LogP contribution in [0.1, 0.15) is 38.5 Å². The van der Waals surface area contributed by atoms with Crippen LogP contribution in [0.15, 0.2) is 36.1 Å². The molecular formula is C17H25NO. The molecule has 2 nitrogen and oxygen atoms in total. The van der Waals surface area contributed by atoms with Crippen LogP contribution in [0.2, 0.25) is 0 Å². The van der Waals surface area contributed by atoms with Crippen molar-refractivity contribution in [3.05, 3.63) is 36.1 Å². The van der Waals surface area contributed by atoms with Crippen molar-refractivity contribution in [1.82, 2.24) is 5.06 Å². The van der Waals surface area contributed by atoms with E-state index < -0.39 is 0 Å². The molecule has 1 fully saturated rings. The molecule has 0 saturated heterocycles. The zero-order valence-corrected chi connectivity index (χ0v) is 12.0. The van der Waals surface area contributed by atoms with Crippen molar-refractivity contribution >= 4 is 0 Å². The lowest BCUT2D eigenvalue weighted by atomic mass is 9.65. The summed E-state index contributed by atoms with van der Waals surface area (Å²) in [5.74, 6) is 2.34. The van der Waals surface area contributed by atoms with E-state index in [1.165, 1.54) is 38.5 Å². The van der Waals surface area contributed by atoms with Crippen LogP contribution in [0, 0.1) is 17.8 Å². The summed E-state index contributed by atoms with van der Waals surface area (Å²) in [5.41, 5.74) is 3.38. The van der Waals surface area contributed by atoms with Crippen LogP contribution < -0.4 is 0 Å². The first-order valence-electron chi connectivity index (χ1n) is 7.64. The van der Waals surface area contributed by atoms with Gasteiger partial charge in [-0.05, 0) is 62.0 Å². The van der Waals surface area contributed by atoms with Crippen molar-refractivity contribution in [2.45, 2.75) is 38.5 Å². The molecule has 3 aliphatic rings. The van der Waals surface area contributed by atoms with Gasteiger partial charge >= 0.3 is 0 Å². The molecule has 2 heteroatoms. The second kappa shape index (κ2) is 5.54. The lowest BCUT2D eigenvalue weighted by Crippen LogP contribution is -2.33. The van der Waals surface area contributed by atoms with Crippen LogP contribution >= 0.6 is 0 Å². The molecule has 0 radical (unpaired) electrons. The molecule has 1 aliphatic heterocycles. The van der Waals surface area contributed by atoms with Gasteiger partial charge in [0.1, 0.15) is 0 Å². The molecule has 2 aliphatic carbocycles. The van der Waals surface area contributed by atoms with Gasteiger partial charge in [0.25, 0.3) is 0 Å². The van der Waals surface area contributed by atoms with Crippen molar-refractivity contribution in [3.63, 3.8) is 0 Å². The Hall–Kier alpha value is -1.02. The fourth-order valence-corrected chi connectivity index (χ4v) is 4.34. The number of hydroxylamine groups is 2. The summed E-state index contributed by atoms with van der Waals surface area (Å²) in [7, 11) is 1.77. The molecule has 1 saturated carbocycles. The number of hydrogen-bond donors (Lipinski definition) is 0. The third-order valence-electron chi connectivity index (χ3n) is 5.06. The van der Waals surface area contributed by atoms with Gasteiger partial charge in [0.15, 0.2) is 0 Å². The maximum atomic E-state index is 5.46. The van der Waals surface area contributed by atoms with Gasteiger partial charge in [-0.3, -0.25) is 9.90 Å². The molecule has 3 unspecified atom stereocenters. The van der Waals surface area contributed by atoms with Crippen molar-refractivity contribution < 1.29 is 4.84 Å². The first-order valence-corrected chi connectivity index (χ1v) is 7.64. The van der Waals surface area contributed by atoms with Crippen LogP contribution in [0.4, 0.5) is 0 Å². The summed E-state index contributed by atoms with van der Waals surface area (Å²) < 4.78 is 0. The summed E-state index contributed by atoms with van der Waals surface area (Å²) in [4.78, 5) is 5.46. The van der Waals surface area contributed by atoms with E-state index in [9.17, 15) is 0 Å². The van der Waals surface area contributed by atoms with Gasteiger partial charge in [0.2, 0.25) is 0 Å². The lowest BCUT2D eigenvalue weighted by molar-refractivity contribution is -0.0968. The lowest BCUT2D eigenvalue weighted by Gasteiger charge is -2.41. The van der Waals surface area contributed by atoms with Gasteiger partial charge in [-0.1, -0.05) is 11.6 Å². The number of rotatable bonds is 3. The quantitative estimate of drug-likeness (QED) is 0.708. The summed E-state index contributed by atoms with van der Waals surface area (Å²) >= 11 is 0. The van der Waals surface area contributed by atoms with Gasteiger partial charge < -0.3 is 0 Å². The van der Waals surface area contributed by atoms with E-state index in [2.05, 4.69) is 24.9 Å². The zero-order chi connectivity index (χ0) is 13.2. The van der Waals surface area contributed by atoms with Crippen molar-refractivity contribution in [3.8, 4) is 0 Å². The van der Waals surface area contributed by atoms with E-state index in [4.69, 9.17) is 4.84 Å². The minimum absolute atomic E-state index is 0.689. The smallest absolute Gasteiger partial charge is 0.0638 e. The van der Waals surface area contributed by atoms with Crippen LogP contribution in [0.5, 0.6) is 0 Å². The zero-order valence-electron chi connectivity index (χ0n) is 12.0. The fourth-order valence-electron chi connectivity index (χ4n) is 4.34. The average Bonchev–Trinajstić information content (AvgIpc) is 2.60. The van der Waals surface area contributed by atoms with E-state index in [-0.39, 0.29) is 0 Å². The minimum Gasteiger partial charge on any atom is -0.277 e. The second-order valence-corrected chi connectivity index (χ2v) is 6.23. The van der Waals surface area contributed by atoms with Gasteiger partial charge in [0.05, 0.1) is 13.7 Å². The third kappa shape index (κ3) is 2.51. The SMILES string of the molecule is C=CCC1CC2CCCC3=C2C(C1)CN(OC)C=C3. The predicted molar refractivity (Wildman–Crippen MR) is 78.3 cm³/mol. The topological polar surface area (TPSA) is 12.5 Å². The first-order chi connectivity index (χ1) is 9.31. The molecule has 0 aromatic heterocycles. The van der Waals surface area contributed by atoms with Crippen LogP contribution in [0.3, 0.4) is 0 Å². The Balaban J connectivity index is 1.88. The Morgan fingerprint density at radius 1 is 1.42 bits per heavy atom. The van der Waals surface area contributed by atoms with Gasteiger partial charge in [0, 0.05) is 12.1 Å². The number of hydrogen-bond acceptors (Lipinski definition) is 2. The highest BCUT2D eigenvalue weighted by atomic mass is 16.7. The molecule has 0 aromatic carbocycles. The summed E-state index contributed by atoms with van der Waals surface area (Å²) in [5, 5.41) is 2.01. The number of allylic oxidation sites excluding steroid dienone is 3. The Morgan fingerprint density at radius 3 is 3.05 bits per heavy atom. The second-order valence-electron chi connectivity index (χ2n) is 6.23. The summed E-state index contributed by atoms with van der Waals surface area (Å²) in [6.45, 7) is 4.95. The maximum Gasteiger partial charge on any atom is 0.0638 e. The van der Waals surface area contributed by atoms with Crippen molar-refractivity contribution in [2.75, 3.05) is 13.7 Å². The normalized spacial score (nSPS) is 33.9. The molecular weight excluding hydrogens is 234 g/mol. The standard InChI is InChI=1S/C17H25NO/c1-3-5-13-10-15-7-4-6-14-8-9-18(19-2)12-16(11-13)17(14)15/h3,8-9,13,15-16H,1,4-7,10-12H2,2H3. The van der Waals surface area contributed by atoms with E-state index in [0.29, 0.717) is 5.92 Å². The van der Waals surface area contributed by atoms with Crippen molar-refractivity contribution in [1.29, 1.82) is 0 Å². The molecule has 1 heterocycles. The van der Waals surface area contributed by atoms with Gasteiger partial charge in [-0.15, -0.1) is 6.58 Å². The Morgan fingerprint density at radius 2 is 2.26 bits per heavy atom. The van der Waals surface area contributed by atoms with Crippen LogP contribution in [-0.2, 0) is 4.84 Å². The van der Waals surface area contributed by atoms with Crippen molar-refractivity contribution in [2.24, 2.45) is 17.8 Å². The summed E-state index contributed by atoms with van der Waals surface area (Å²) in [6.07, 6.45) is 14.4. The molecule has 0 bridgehead atoms. The first kappa shape index (κ1) is 13.0. The number of nitrogens with zero attached hydrogens (tertiary/aromatic N) is 1. The summed E-state index contributed by atoms with van der Waals surface area (Å²) in [6, 6.07) is 0. The Kier molecular flexibility index (Phi) is 3.79. The molecule has 0 aromatic rings. The minimum atomic E-state index is 0.689. The van der Waals surface area contributed by atoms with E-state index in [0.717, 1.165) is 18.4 Å². The van der Waals surface area contributed by atoms with Crippen LogP contribution in [-0.4, -0.2) is 18.7 Å². The molecule has 3 atom stereocenters. The monoisotopic (exact) mass is 259 g/mol. The molecule has 0 amide bonds. The average molecular weight is 259 g/mol. The van der Waals surface area contributed by atoms with E-state index in [1.54, 1.807) is 18.3 Å². The van der Waals surface area contributed by atoms with Crippen LogP contribution in [0.25, 0.3) is 0 Å². The highest BCUT2D eigenvalue weighted by Crippen LogP contribution is 2.47. The van der Waals surface area contributed by atoms with E-state index in [1.807, 2.05) is 5.06 Å². The fraction of sp³-hybridized carbons (Fsp3) is 0.647. The van der Waals surface area contributed by atoms with Gasteiger partial charge in [-0.25, -0.2) is 0 Å². The molecule has 0 spiro atoms.